The zero-order valence-electron chi connectivity index (χ0n) is 6.83. The lowest BCUT2D eigenvalue weighted by molar-refractivity contribution is -0.0579. The number of hydrogen-bond acceptors (Lipinski definition) is 3. The predicted octanol–water partition coefficient (Wildman–Crippen LogP) is 1.39. The van der Waals surface area contributed by atoms with E-state index in [9.17, 15) is 0 Å². The Balaban J connectivity index is 3.69. The van der Waals surface area contributed by atoms with Crippen LogP contribution in [0.4, 0.5) is 0 Å². The van der Waals surface area contributed by atoms with Gasteiger partial charge in [-0.05, 0) is 13.8 Å². The molecule has 0 amide bonds. The summed E-state index contributed by atoms with van der Waals surface area (Å²) >= 11 is 4.96. The van der Waals surface area contributed by atoms with Gasteiger partial charge in [0.25, 0.3) is 0 Å². The molecule has 0 N–H and O–H groups in total. The number of nitrogens with zero attached hydrogens (tertiary/aromatic N) is 1. The van der Waals surface area contributed by atoms with Gasteiger partial charge in [-0.15, -0.1) is 0 Å². The Bertz CT molecular complexity index is 81.8. The van der Waals surface area contributed by atoms with Crippen molar-refractivity contribution < 1.29 is 9.47 Å². The van der Waals surface area contributed by atoms with Gasteiger partial charge in [-0.25, -0.2) is 0 Å². The first-order valence-corrected chi connectivity index (χ1v) is 3.51. The second-order valence-corrected chi connectivity index (χ2v) is 2.45. The van der Waals surface area contributed by atoms with E-state index in [2.05, 4.69) is 0 Å². The number of ether oxygens (including phenoxy) is 2. The van der Waals surface area contributed by atoms with Crippen LogP contribution in [0.15, 0.2) is 0 Å². The normalized spacial score (nSPS) is 17.4. The summed E-state index contributed by atoms with van der Waals surface area (Å²) < 4.78 is 11.5. The minimum Gasteiger partial charge on any atom is -0.366 e. The van der Waals surface area contributed by atoms with E-state index in [1.165, 1.54) is 0 Å². The first kappa shape index (κ1) is 10.2. The van der Waals surface area contributed by atoms with Crippen LogP contribution in [0, 0.1) is 0 Å². The molecule has 0 spiro atoms. The molecule has 2 atom stereocenters. The Kier molecular flexibility index (Phi) is 5.07. The zero-order valence-corrected chi connectivity index (χ0v) is 7.64. The molecular formula is C6H14NO2S. The van der Waals surface area contributed by atoms with Crippen LogP contribution in [0.1, 0.15) is 13.8 Å². The third-order valence-corrected chi connectivity index (χ3v) is 1.99. The molecule has 2 unspecified atom stereocenters. The summed E-state index contributed by atoms with van der Waals surface area (Å²) in [6, 6.07) is 0. The molecule has 4 heteroatoms. The van der Waals surface area contributed by atoms with Gasteiger partial charge < -0.3 is 9.47 Å². The minimum absolute atomic E-state index is 0.0788. The van der Waals surface area contributed by atoms with Crippen LogP contribution in [-0.4, -0.2) is 31.0 Å². The van der Waals surface area contributed by atoms with E-state index in [0.717, 1.165) is 0 Å². The summed E-state index contributed by atoms with van der Waals surface area (Å²) in [5, 5.41) is 0. The molecule has 0 aliphatic heterocycles. The molecule has 0 aliphatic rings. The lowest BCUT2D eigenvalue weighted by Crippen LogP contribution is -2.34. The molecule has 0 rings (SSSR count). The van der Waals surface area contributed by atoms with Crippen molar-refractivity contribution in [1.82, 2.24) is 4.31 Å². The SMILES string of the molecule is COC(C)N([S])C(C)OC. The van der Waals surface area contributed by atoms with Crippen LogP contribution in [0.5, 0.6) is 0 Å². The van der Waals surface area contributed by atoms with Crippen LogP contribution in [0.3, 0.4) is 0 Å². The molecule has 0 saturated heterocycles. The molecule has 0 aromatic rings. The lowest BCUT2D eigenvalue weighted by Gasteiger charge is -2.25. The van der Waals surface area contributed by atoms with Crippen molar-refractivity contribution in [1.29, 1.82) is 0 Å². The van der Waals surface area contributed by atoms with Crippen molar-refractivity contribution >= 4 is 12.8 Å². The number of hydrogen-bond donors (Lipinski definition) is 0. The third-order valence-electron chi connectivity index (χ3n) is 1.40. The molecule has 0 aliphatic carbocycles. The van der Waals surface area contributed by atoms with Gasteiger partial charge in [0.15, 0.2) is 0 Å². The van der Waals surface area contributed by atoms with Crippen molar-refractivity contribution in [2.24, 2.45) is 0 Å². The fourth-order valence-electron chi connectivity index (χ4n) is 0.503. The summed E-state index contributed by atoms with van der Waals surface area (Å²) in [5.74, 6) is 0. The molecule has 0 saturated carbocycles. The number of methoxy groups -OCH3 is 2. The van der Waals surface area contributed by atoms with E-state index in [4.69, 9.17) is 22.3 Å². The predicted molar refractivity (Wildman–Crippen MR) is 42.4 cm³/mol. The largest absolute Gasteiger partial charge is 0.366 e. The highest BCUT2D eigenvalue weighted by Crippen LogP contribution is 2.08. The summed E-state index contributed by atoms with van der Waals surface area (Å²) in [5.41, 5.74) is 0. The van der Waals surface area contributed by atoms with Crippen molar-refractivity contribution in [3.05, 3.63) is 0 Å². The van der Waals surface area contributed by atoms with Gasteiger partial charge in [0, 0.05) is 27.0 Å². The first-order chi connectivity index (χ1) is 4.63. The highest BCUT2D eigenvalue weighted by molar-refractivity contribution is 7.77. The molecule has 0 fully saturated rings. The fraction of sp³-hybridized carbons (Fsp3) is 1.00. The Hall–Kier alpha value is 0.230. The first-order valence-electron chi connectivity index (χ1n) is 3.14. The van der Waals surface area contributed by atoms with Crippen LogP contribution in [-0.2, 0) is 9.47 Å². The van der Waals surface area contributed by atoms with Gasteiger partial charge in [0.2, 0.25) is 0 Å². The van der Waals surface area contributed by atoms with Gasteiger partial charge in [0.05, 0.1) is 0 Å². The lowest BCUT2D eigenvalue weighted by atomic mass is 10.5. The molecule has 61 valence electrons. The molecule has 0 bridgehead atoms. The van der Waals surface area contributed by atoms with Crippen molar-refractivity contribution in [2.75, 3.05) is 14.2 Å². The maximum atomic E-state index is 4.98. The van der Waals surface area contributed by atoms with Gasteiger partial charge >= 0.3 is 0 Å². The third kappa shape index (κ3) is 2.88. The quantitative estimate of drug-likeness (QED) is 0.586. The van der Waals surface area contributed by atoms with Crippen LogP contribution >= 0.6 is 12.8 Å². The monoisotopic (exact) mass is 164 g/mol. The summed E-state index contributed by atoms with van der Waals surface area (Å²) in [7, 11) is 3.23. The molecule has 1 radical (unpaired) electrons. The molecule has 3 nitrogen and oxygen atoms in total. The minimum atomic E-state index is -0.0788. The highest BCUT2D eigenvalue weighted by Gasteiger charge is 2.15. The van der Waals surface area contributed by atoms with E-state index in [-0.39, 0.29) is 12.5 Å². The highest BCUT2D eigenvalue weighted by atomic mass is 32.1. The fourth-order valence-corrected chi connectivity index (χ4v) is 0.676. The zero-order chi connectivity index (χ0) is 8.15. The van der Waals surface area contributed by atoms with Crippen molar-refractivity contribution in [3.8, 4) is 0 Å². The van der Waals surface area contributed by atoms with Crippen LogP contribution in [0.2, 0.25) is 0 Å². The molecule has 0 aromatic carbocycles. The van der Waals surface area contributed by atoms with E-state index >= 15 is 0 Å². The Morgan fingerprint density at radius 1 is 1.10 bits per heavy atom. The Morgan fingerprint density at radius 2 is 1.40 bits per heavy atom. The summed E-state index contributed by atoms with van der Waals surface area (Å²) in [6.07, 6.45) is -0.158. The smallest absolute Gasteiger partial charge is 0.119 e. The second-order valence-electron chi connectivity index (χ2n) is 2.03. The Morgan fingerprint density at radius 3 is 1.60 bits per heavy atom. The molecule has 0 heterocycles. The molecular weight excluding hydrogens is 150 g/mol. The van der Waals surface area contributed by atoms with Crippen molar-refractivity contribution in [2.45, 2.75) is 26.3 Å². The standard InChI is InChI=1S/C6H14NO2S/c1-5(8-3)7(10)6(2)9-4/h5-6H,1-4H3. The topological polar surface area (TPSA) is 21.7 Å². The Labute approximate surface area is 67.8 Å². The van der Waals surface area contributed by atoms with Crippen LogP contribution in [0.25, 0.3) is 0 Å². The molecule has 10 heavy (non-hydrogen) atoms. The van der Waals surface area contributed by atoms with E-state index in [0.29, 0.717) is 0 Å². The second kappa shape index (κ2) is 4.96. The van der Waals surface area contributed by atoms with E-state index in [1.807, 2.05) is 13.8 Å². The van der Waals surface area contributed by atoms with Crippen LogP contribution < -0.4 is 0 Å². The maximum Gasteiger partial charge on any atom is 0.119 e. The van der Waals surface area contributed by atoms with Gasteiger partial charge in [-0.3, -0.25) is 0 Å². The van der Waals surface area contributed by atoms with E-state index in [1.54, 1.807) is 18.5 Å². The van der Waals surface area contributed by atoms with Crippen molar-refractivity contribution in [3.63, 3.8) is 0 Å². The number of rotatable bonds is 4. The average molecular weight is 164 g/mol. The summed E-state index contributed by atoms with van der Waals surface area (Å²) in [6.45, 7) is 3.76. The van der Waals surface area contributed by atoms with E-state index < -0.39 is 0 Å². The van der Waals surface area contributed by atoms with Gasteiger partial charge in [0.1, 0.15) is 12.5 Å². The van der Waals surface area contributed by atoms with Gasteiger partial charge in [-0.1, -0.05) is 0 Å². The van der Waals surface area contributed by atoms with Gasteiger partial charge in [-0.2, -0.15) is 4.31 Å². The maximum absolute atomic E-state index is 4.98. The average Bonchev–Trinajstić information content (AvgIpc) is 2.00. The summed E-state index contributed by atoms with van der Waals surface area (Å²) in [4.78, 5) is 0. The molecule has 0 aromatic heterocycles.